The van der Waals surface area contributed by atoms with Crippen molar-refractivity contribution in [3.63, 3.8) is 0 Å². The Bertz CT molecular complexity index is 390. The highest BCUT2D eigenvalue weighted by molar-refractivity contribution is 9.10. The Balaban J connectivity index is 2.33. The number of amides is 1. The number of hydrogen-bond acceptors (Lipinski definition) is 2. The molecule has 80 valence electrons. The van der Waals surface area contributed by atoms with Crippen LogP contribution in [0.25, 0.3) is 0 Å². The van der Waals surface area contributed by atoms with Crippen molar-refractivity contribution in [1.82, 2.24) is 4.98 Å². The number of carbonyl (C=O) groups is 1. The van der Waals surface area contributed by atoms with Crippen molar-refractivity contribution in [2.24, 2.45) is 0 Å². The molecule has 2 heterocycles. The monoisotopic (exact) mass is 288 g/mol. The zero-order chi connectivity index (χ0) is 11.0. The van der Waals surface area contributed by atoms with Crippen LogP contribution < -0.4 is 4.90 Å². The number of alkyl halides is 1. The van der Waals surface area contributed by atoms with Crippen LogP contribution in [0.5, 0.6) is 0 Å². The van der Waals surface area contributed by atoms with E-state index in [1.54, 1.807) is 4.90 Å². The second kappa shape index (κ2) is 4.10. The van der Waals surface area contributed by atoms with E-state index in [-0.39, 0.29) is 11.3 Å². The topological polar surface area (TPSA) is 33.2 Å². The van der Waals surface area contributed by atoms with Crippen LogP contribution in [0.3, 0.4) is 0 Å². The second-order valence-corrected chi connectivity index (χ2v) is 5.06. The molecule has 1 aliphatic heterocycles. The van der Waals surface area contributed by atoms with Gasteiger partial charge in [-0.1, -0.05) is 0 Å². The molecule has 1 atom stereocenters. The lowest BCUT2D eigenvalue weighted by Crippen LogP contribution is -2.25. The fourth-order valence-corrected chi connectivity index (χ4v) is 2.44. The number of anilines is 1. The van der Waals surface area contributed by atoms with Gasteiger partial charge in [0.25, 0.3) is 0 Å². The number of halogens is 2. The molecule has 0 aromatic carbocycles. The van der Waals surface area contributed by atoms with E-state index in [1.165, 1.54) is 0 Å². The molecule has 0 N–H and O–H groups in total. The fraction of sp³-hybridized carbons (Fsp3) is 0.400. The largest absolute Gasteiger partial charge is 0.295 e. The van der Waals surface area contributed by atoms with Gasteiger partial charge < -0.3 is 0 Å². The molecule has 1 aromatic heterocycles. The summed E-state index contributed by atoms with van der Waals surface area (Å²) in [6.07, 6.45) is 0.398. The van der Waals surface area contributed by atoms with Crippen molar-refractivity contribution >= 4 is 39.3 Å². The maximum absolute atomic E-state index is 11.6. The molecule has 5 heteroatoms. The van der Waals surface area contributed by atoms with Crippen LogP contribution in [0.4, 0.5) is 5.82 Å². The van der Waals surface area contributed by atoms with Gasteiger partial charge in [-0.2, -0.15) is 0 Å². The summed E-state index contributed by atoms with van der Waals surface area (Å²) in [6, 6.07) is 3.79. The van der Waals surface area contributed by atoms with E-state index in [1.807, 2.05) is 19.1 Å². The van der Waals surface area contributed by atoms with Gasteiger partial charge in [0.05, 0.1) is 5.38 Å². The standard InChI is InChI=1S/C10H10BrClN2O/c1-6-2-8(11)13-9(3-6)14-5-7(12)4-10(14)15/h2-3,7H,4-5H2,1H3. The van der Waals surface area contributed by atoms with Crippen LogP contribution in [0.15, 0.2) is 16.7 Å². The number of aryl methyl sites for hydroxylation is 1. The first kappa shape index (κ1) is 10.9. The first-order valence-corrected chi connectivity index (χ1v) is 5.88. The van der Waals surface area contributed by atoms with E-state index in [9.17, 15) is 4.79 Å². The minimum absolute atomic E-state index is 0.0417. The van der Waals surface area contributed by atoms with Crippen molar-refractivity contribution in [2.45, 2.75) is 18.7 Å². The molecule has 0 spiro atoms. The molecular formula is C10H10BrClN2O. The Morgan fingerprint density at radius 1 is 1.60 bits per heavy atom. The summed E-state index contributed by atoms with van der Waals surface area (Å²) >= 11 is 9.24. The maximum Gasteiger partial charge on any atom is 0.229 e. The van der Waals surface area contributed by atoms with Crippen LogP contribution in [0.2, 0.25) is 0 Å². The summed E-state index contributed by atoms with van der Waals surface area (Å²) in [6.45, 7) is 2.51. The molecule has 0 radical (unpaired) electrons. The number of aromatic nitrogens is 1. The smallest absolute Gasteiger partial charge is 0.229 e. The molecular weight excluding hydrogens is 279 g/mol. The van der Waals surface area contributed by atoms with Crippen molar-refractivity contribution in [2.75, 3.05) is 11.4 Å². The molecule has 1 aliphatic rings. The molecule has 1 unspecified atom stereocenters. The minimum Gasteiger partial charge on any atom is -0.295 e. The van der Waals surface area contributed by atoms with E-state index in [4.69, 9.17) is 11.6 Å². The lowest BCUT2D eigenvalue weighted by molar-refractivity contribution is -0.117. The average Bonchev–Trinajstić information content (AvgIpc) is 2.43. The van der Waals surface area contributed by atoms with Gasteiger partial charge in [-0.15, -0.1) is 11.6 Å². The molecule has 0 saturated carbocycles. The molecule has 0 aliphatic carbocycles. The summed E-state index contributed by atoms with van der Waals surface area (Å²) in [4.78, 5) is 17.5. The van der Waals surface area contributed by atoms with Crippen LogP contribution in [-0.2, 0) is 4.79 Å². The Morgan fingerprint density at radius 2 is 2.33 bits per heavy atom. The van der Waals surface area contributed by atoms with Crippen molar-refractivity contribution in [3.8, 4) is 0 Å². The number of rotatable bonds is 1. The van der Waals surface area contributed by atoms with Gasteiger partial charge in [-0.3, -0.25) is 9.69 Å². The zero-order valence-electron chi connectivity index (χ0n) is 8.20. The number of nitrogens with zero attached hydrogens (tertiary/aromatic N) is 2. The first-order chi connectivity index (χ1) is 7.06. The van der Waals surface area contributed by atoms with Crippen LogP contribution in [0, 0.1) is 6.92 Å². The van der Waals surface area contributed by atoms with Crippen LogP contribution in [0.1, 0.15) is 12.0 Å². The number of hydrogen-bond donors (Lipinski definition) is 0. The highest BCUT2D eigenvalue weighted by Gasteiger charge is 2.30. The minimum atomic E-state index is -0.0985. The van der Waals surface area contributed by atoms with E-state index >= 15 is 0 Å². The van der Waals surface area contributed by atoms with Gasteiger partial charge in [0.15, 0.2) is 0 Å². The second-order valence-electron chi connectivity index (χ2n) is 3.63. The highest BCUT2D eigenvalue weighted by atomic mass is 79.9. The summed E-state index contributed by atoms with van der Waals surface area (Å²) in [7, 11) is 0. The van der Waals surface area contributed by atoms with E-state index in [0.717, 1.165) is 10.2 Å². The highest BCUT2D eigenvalue weighted by Crippen LogP contribution is 2.24. The van der Waals surface area contributed by atoms with Crippen molar-refractivity contribution in [3.05, 3.63) is 22.3 Å². The summed E-state index contributed by atoms with van der Waals surface area (Å²) in [5, 5.41) is -0.0985. The van der Waals surface area contributed by atoms with Crippen LogP contribution >= 0.6 is 27.5 Å². The molecule has 1 saturated heterocycles. The van der Waals surface area contributed by atoms with Gasteiger partial charge in [-0.05, 0) is 40.5 Å². The maximum atomic E-state index is 11.6. The number of pyridine rings is 1. The molecule has 1 amide bonds. The van der Waals surface area contributed by atoms with Gasteiger partial charge >= 0.3 is 0 Å². The van der Waals surface area contributed by atoms with Crippen molar-refractivity contribution < 1.29 is 4.79 Å². The lowest BCUT2D eigenvalue weighted by Gasteiger charge is -2.15. The van der Waals surface area contributed by atoms with E-state index in [2.05, 4.69) is 20.9 Å². The Morgan fingerprint density at radius 3 is 2.87 bits per heavy atom. The molecule has 3 nitrogen and oxygen atoms in total. The Hall–Kier alpha value is -0.610. The van der Waals surface area contributed by atoms with E-state index < -0.39 is 0 Å². The Labute approximate surface area is 102 Å². The third-order valence-electron chi connectivity index (χ3n) is 2.28. The lowest BCUT2D eigenvalue weighted by atomic mass is 10.3. The average molecular weight is 290 g/mol. The molecule has 1 aromatic rings. The normalized spacial score (nSPS) is 21.1. The van der Waals surface area contributed by atoms with Gasteiger partial charge in [0.1, 0.15) is 10.4 Å². The van der Waals surface area contributed by atoms with E-state index in [0.29, 0.717) is 18.8 Å². The molecule has 0 bridgehead atoms. The Kier molecular flexibility index (Phi) is 2.98. The molecule has 1 fully saturated rings. The predicted octanol–water partition coefficient (Wildman–Crippen LogP) is 2.50. The first-order valence-electron chi connectivity index (χ1n) is 4.65. The molecule has 2 rings (SSSR count). The third-order valence-corrected chi connectivity index (χ3v) is 2.98. The van der Waals surface area contributed by atoms with Crippen molar-refractivity contribution in [1.29, 1.82) is 0 Å². The predicted molar refractivity (Wildman–Crippen MR) is 63.3 cm³/mol. The summed E-state index contributed by atoms with van der Waals surface area (Å²) in [5.41, 5.74) is 1.07. The van der Waals surface area contributed by atoms with Crippen LogP contribution in [-0.4, -0.2) is 22.8 Å². The fourth-order valence-electron chi connectivity index (χ4n) is 1.63. The third kappa shape index (κ3) is 2.32. The zero-order valence-corrected chi connectivity index (χ0v) is 10.5. The molecule has 15 heavy (non-hydrogen) atoms. The quantitative estimate of drug-likeness (QED) is 0.588. The van der Waals surface area contributed by atoms with Gasteiger partial charge in [-0.25, -0.2) is 4.98 Å². The van der Waals surface area contributed by atoms with Gasteiger partial charge in [0, 0.05) is 13.0 Å². The number of carbonyl (C=O) groups excluding carboxylic acids is 1. The summed E-state index contributed by atoms with van der Waals surface area (Å²) in [5.74, 6) is 0.718. The SMILES string of the molecule is Cc1cc(Br)nc(N2CC(Cl)CC2=O)c1. The van der Waals surface area contributed by atoms with Gasteiger partial charge in [0.2, 0.25) is 5.91 Å². The summed E-state index contributed by atoms with van der Waals surface area (Å²) < 4.78 is 0.739.